The predicted octanol–water partition coefficient (Wildman–Crippen LogP) is 3.27. The van der Waals surface area contributed by atoms with Crippen molar-refractivity contribution in [1.82, 2.24) is 25.2 Å². The highest BCUT2D eigenvalue weighted by Crippen LogP contribution is 2.47. The minimum Gasteiger partial charge on any atom is -0.493 e. The van der Waals surface area contributed by atoms with E-state index in [1.165, 1.54) is 9.80 Å². The van der Waals surface area contributed by atoms with Gasteiger partial charge in [0, 0.05) is 18.5 Å². The van der Waals surface area contributed by atoms with Gasteiger partial charge in [-0.3, -0.25) is 24.0 Å². The molecular formula is C38H53N5O11S. The van der Waals surface area contributed by atoms with E-state index in [9.17, 15) is 32.4 Å². The molecule has 5 aliphatic rings. The number of amides is 5. The van der Waals surface area contributed by atoms with E-state index in [1.807, 2.05) is 25.1 Å². The molecule has 3 fully saturated rings. The summed E-state index contributed by atoms with van der Waals surface area (Å²) in [5, 5.41) is 4.86. The van der Waals surface area contributed by atoms with E-state index in [1.54, 1.807) is 33.9 Å². The molecule has 5 amide bonds. The standard InChI is InChI=1S/C38H53N5O11S/c1-6-24-19-38(24,34(46)41-55(49,50)26-13-14-26)40-32(44)28-18-25-21-43(28)33(45)31(37(2,3)4)39-35(47)53-17-11-9-7-8-10-16-52-30-27-22-42(36(48)54-25)20-23(27)12-15-29(30)51-5/h8,10,12,15,24-26,28,31H,6-7,9,11,13-14,16-22H2,1-5H3,(H,39,47)(H,40,44)(H,41,46)/b10-8+/t24-,25+,28?,31+,38-/m0/s1. The third kappa shape index (κ3) is 8.81. The van der Waals surface area contributed by atoms with Crippen LogP contribution in [-0.4, -0.2) is 104 Å². The lowest BCUT2D eigenvalue weighted by Gasteiger charge is -2.35. The van der Waals surface area contributed by atoms with Crippen LogP contribution in [0, 0.1) is 11.3 Å². The van der Waals surface area contributed by atoms with Crippen LogP contribution >= 0.6 is 0 Å². The maximum absolute atomic E-state index is 14.5. The lowest BCUT2D eigenvalue weighted by Crippen LogP contribution is -2.60. The Hall–Kier alpha value is -4.54. The fraction of sp³-hybridized carbons (Fsp3) is 0.658. The summed E-state index contributed by atoms with van der Waals surface area (Å²) >= 11 is 0. The summed E-state index contributed by atoms with van der Waals surface area (Å²) in [7, 11) is -2.35. The third-order valence-electron chi connectivity index (χ3n) is 11.0. The topological polar surface area (TPSA) is 199 Å². The van der Waals surface area contributed by atoms with Crippen molar-refractivity contribution in [3.05, 3.63) is 35.4 Å². The predicted molar refractivity (Wildman–Crippen MR) is 198 cm³/mol. The van der Waals surface area contributed by atoms with Gasteiger partial charge in [-0.05, 0) is 61.5 Å². The Labute approximate surface area is 322 Å². The van der Waals surface area contributed by atoms with Crippen molar-refractivity contribution in [3.8, 4) is 11.5 Å². The number of cyclic esters (lactones) is 1. The highest BCUT2D eigenvalue weighted by atomic mass is 32.2. The summed E-state index contributed by atoms with van der Waals surface area (Å²) in [5.74, 6) is -1.38. The van der Waals surface area contributed by atoms with E-state index < -0.39 is 74.3 Å². The zero-order chi connectivity index (χ0) is 39.7. The molecule has 2 saturated carbocycles. The Morgan fingerprint density at radius 2 is 1.84 bits per heavy atom. The molecule has 3 aliphatic heterocycles. The number of benzene rings is 1. The van der Waals surface area contributed by atoms with Crippen LogP contribution in [0.2, 0.25) is 0 Å². The van der Waals surface area contributed by atoms with Crippen LogP contribution in [0.25, 0.3) is 0 Å². The van der Waals surface area contributed by atoms with E-state index >= 15 is 0 Å². The molecule has 1 saturated heterocycles. The molecule has 3 N–H and O–H groups in total. The van der Waals surface area contributed by atoms with Crippen LogP contribution in [0.5, 0.6) is 11.5 Å². The Kier molecular flexibility index (Phi) is 11.6. The SMILES string of the molecule is CC[C@H]1C[C@@]1(NC(=O)C1C[C@@H]2CN1C(=O)[C@H](C(C)(C)C)NC(=O)OCCCC/C=C/COc1c(OC)ccc3c1CN(C3)C(=O)O2)C(=O)NS(=O)(=O)C1CC1. The molecule has 55 heavy (non-hydrogen) atoms. The summed E-state index contributed by atoms with van der Waals surface area (Å²) in [6.07, 6.45) is 5.06. The van der Waals surface area contributed by atoms with Crippen LogP contribution in [0.4, 0.5) is 9.59 Å². The zero-order valence-corrected chi connectivity index (χ0v) is 33.0. The molecule has 302 valence electrons. The van der Waals surface area contributed by atoms with Crippen LogP contribution in [0.1, 0.15) is 90.2 Å². The van der Waals surface area contributed by atoms with Crippen molar-refractivity contribution < 1.29 is 51.3 Å². The number of ether oxygens (including phenoxy) is 4. The number of alkyl carbamates (subject to hydrolysis) is 1. The van der Waals surface area contributed by atoms with Gasteiger partial charge in [-0.15, -0.1) is 0 Å². The highest BCUT2D eigenvalue weighted by Gasteiger charge is 2.62. The number of rotatable bonds is 7. The lowest BCUT2D eigenvalue weighted by molar-refractivity contribution is -0.143. The fourth-order valence-electron chi connectivity index (χ4n) is 7.58. The monoisotopic (exact) mass is 787 g/mol. The van der Waals surface area contributed by atoms with E-state index in [0.29, 0.717) is 37.2 Å². The second kappa shape index (κ2) is 15.9. The van der Waals surface area contributed by atoms with E-state index in [2.05, 4.69) is 15.4 Å². The van der Waals surface area contributed by atoms with Gasteiger partial charge in [0.2, 0.25) is 21.8 Å². The van der Waals surface area contributed by atoms with Gasteiger partial charge < -0.3 is 34.5 Å². The average Bonchev–Trinajstić information content (AvgIpc) is 4.02. The molecule has 17 heteroatoms. The second-order valence-electron chi connectivity index (χ2n) is 16.1. The van der Waals surface area contributed by atoms with Gasteiger partial charge >= 0.3 is 12.2 Å². The van der Waals surface area contributed by atoms with Gasteiger partial charge in [0.1, 0.15) is 30.3 Å². The molecule has 1 aromatic rings. The summed E-state index contributed by atoms with van der Waals surface area (Å²) in [6, 6.07) is 1.30. The highest BCUT2D eigenvalue weighted by molar-refractivity contribution is 7.91. The van der Waals surface area contributed by atoms with Gasteiger partial charge in [0.05, 0.1) is 32.1 Å². The minimum atomic E-state index is -3.89. The number of allylic oxidation sites excluding steroid dienone is 1. The molecule has 5 atom stereocenters. The van der Waals surface area contributed by atoms with Crippen molar-refractivity contribution in [3.63, 3.8) is 0 Å². The number of fused-ring (bicyclic) bond motifs is 3. The molecule has 16 nitrogen and oxygen atoms in total. The second-order valence-corrected chi connectivity index (χ2v) is 18.1. The zero-order valence-electron chi connectivity index (χ0n) is 32.2. The molecular weight excluding hydrogens is 735 g/mol. The van der Waals surface area contributed by atoms with Gasteiger partial charge in [-0.1, -0.05) is 52.3 Å². The summed E-state index contributed by atoms with van der Waals surface area (Å²) < 4.78 is 50.7. The van der Waals surface area contributed by atoms with Crippen molar-refractivity contribution in [2.75, 3.05) is 26.9 Å². The maximum atomic E-state index is 14.5. The molecule has 0 aromatic heterocycles. The van der Waals surface area contributed by atoms with Gasteiger partial charge in [0.25, 0.3) is 5.91 Å². The minimum absolute atomic E-state index is 0.102. The smallest absolute Gasteiger partial charge is 0.410 e. The summed E-state index contributed by atoms with van der Waals surface area (Å²) in [6.45, 7) is 7.78. The van der Waals surface area contributed by atoms with Crippen molar-refractivity contribution in [2.45, 2.75) is 121 Å². The molecule has 6 rings (SSSR count). The van der Waals surface area contributed by atoms with Crippen LogP contribution in [0.3, 0.4) is 0 Å². The first-order valence-electron chi connectivity index (χ1n) is 19.1. The molecule has 0 spiro atoms. The average molecular weight is 788 g/mol. The summed E-state index contributed by atoms with van der Waals surface area (Å²) in [5.41, 5.74) is -0.673. The number of carbonyl (C=O) groups excluding carboxylic acids is 5. The molecule has 4 bridgehead atoms. The Morgan fingerprint density at radius 1 is 1.07 bits per heavy atom. The van der Waals surface area contributed by atoms with Gasteiger partial charge in [-0.2, -0.15) is 0 Å². The van der Waals surface area contributed by atoms with Crippen molar-refractivity contribution >= 4 is 39.9 Å². The third-order valence-corrected chi connectivity index (χ3v) is 12.9. The number of carbonyl (C=O) groups is 5. The van der Waals surface area contributed by atoms with E-state index in [4.69, 9.17) is 18.9 Å². The van der Waals surface area contributed by atoms with E-state index in [-0.39, 0.29) is 51.6 Å². The molecule has 2 aliphatic carbocycles. The van der Waals surface area contributed by atoms with Crippen LogP contribution < -0.4 is 24.8 Å². The number of nitrogens with one attached hydrogen (secondary N) is 3. The van der Waals surface area contributed by atoms with Crippen LogP contribution in [-0.2, 0) is 47.0 Å². The maximum Gasteiger partial charge on any atom is 0.410 e. The number of methoxy groups -OCH3 is 1. The number of nitrogens with zero attached hydrogens (tertiary/aromatic N) is 2. The van der Waals surface area contributed by atoms with Crippen LogP contribution in [0.15, 0.2) is 24.3 Å². The number of sulfonamides is 1. The molecule has 0 radical (unpaired) electrons. The van der Waals surface area contributed by atoms with Gasteiger partial charge in [0.15, 0.2) is 11.5 Å². The number of hydrogen-bond donors (Lipinski definition) is 3. The quantitative estimate of drug-likeness (QED) is 0.343. The van der Waals surface area contributed by atoms with Crippen molar-refractivity contribution in [1.29, 1.82) is 0 Å². The fourth-order valence-corrected chi connectivity index (χ4v) is 8.94. The first kappa shape index (κ1) is 40.1. The van der Waals surface area contributed by atoms with Crippen molar-refractivity contribution in [2.24, 2.45) is 11.3 Å². The first-order chi connectivity index (χ1) is 26.1. The number of hydrogen-bond acceptors (Lipinski definition) is 11. The Bertz CT molecular complexity index is 1820. The van der Waals surface area contributed by atoms with E-state index in [0.717, 1.165) is 24.0 Å². The Morgan fingerprint density at radius 3 is 2.51 bits per heavy atom. The summed E-state index contributed by atoms with van der Waals surface area (Å²) in [4.78, 5) is 71.8. The largest absolute Gasteiger partial charge is 0.493 e. The molecule has 1 unspecified atom stereocenters. The van der Waals surface area contributed by atoms with Gasteiger partial charge in [-0.25, -0.2) is 18.0 Å². The Balaban J connectivity index is 1.27. The molecule has 3 heterocycles. The normalized spacial score (nSPS) is 28.3. The molecule has 1 aromatic carbocycles. The first-order valence-corrected chi connectivity index (χ1v) is 20.7. The lowest BCUT2D eigenvalue weighted by atomic mass is 9.85.